The lowest BCUT2D eigenvalue weighted by molar-refractivity contribution is 0.102. The molecule has 1 amide bonds. The Kier molecular flexibility index (Phi) is 5.97. The fraction of sp³-hybridized carbons (Fsp3) is 0.0909. The summed E-state index contributed by atoms with van der Waals surface area (Å²) in [5.74, 6) is 0.730. The Hall–Kier alpha value is -3.45. The molecule has 2 aromatic carbocycles. The third-order valence-electron chi connectivity index (χ3n) is 4.27. The summed E-state index contributed by atoms with van der Waals surface area (Å²) in [4.78, 5) is 21.7. The number of hydrogen-bond acceptors (Lipinski definition) is 5. The summed E-state index contributed by atoms with van der Waals surface area (Å²) in [6, 6.07) is 19.4. The summed E-state index contributed by atoms with van der Waals surface area (Å²) in [5, 5.41) is 7.02. The molecule has 0 saturated carbocycles. The van der Waals surface area contributed by atoms with Gasteiger partial charge in [0.1, 0.15) is 12.7 Å². The second-order valence-electron chi connectivity index (χ2n) is 6.42. The maximum Gasteiger partial charge on any atom is 0.255 e. The number of benzene rings is 2. The Bertz CT molecular complexity index is 1050. The average molecular weight is 401 g/mol. The number of anilines is 1. The third kappa shape index (κ3) is 5.30. The van der Waals surface area contributed by atoms with E-state index < -0.39 is 0 Å². The number of carbonyl (C=O) groups excluding carboxylic acids is 1. The molecule has 0 fully saturated rings. The Morgan fingerprint density at radius 1 is 0.966 bits per heavy atom. The van der Waals surface area contributed by atoms with Crippen LogP contribution in [0.1, 0.15) is 21.5 Å². The number of carbonyl (C=O) groups is 1. The molecule has 1 N–H and O–H groups in total. The van der Waals surface area contributed by atoms with Gasteiger partial charge < -0.3 is 5.32 Å². The first-order valence-corrected chi connectivity index (χ1v) is 10.1. The van der Waals surface area contributed by atoms with Crippen LogP contribution in [0.2, 0.25) is 0 Å². The molecular weight excluding hydrogens is 382 g/mol. The van der Waals surface area contributed by atoms with Crippen LogP contribution in [-0.4, -0.2) is 25.7 Å². The van der Waals surface area contributed by atoms with E-state index in [-0.39, 0.29) is 5.91 Å². The minimum atomic E-state index is -0.131. The summed E-state index contributed by atoms with van der Waals surface area (Å²) < 4.78 is 1.74. The van der Waals surface area contributed by atoms with Crippen molar-refractivity contribution < 1.29 is 4.79 Å². The van der Waals surface area contributed by atoms with E-state index in [0.29, 0.717) is 12.1 Å². The van der Waals surface area contributed by atoms with Gasteiger partial charge in [-0.1, -0.05) is 18.2 Å². The Labute approximate surface area is 173 Å². The van der Waals surface area contributed by atoms with Crippen molar-refractivity contribution in [3.05, 3.63) is 102 Å². The molecular formula is C22H19N5OS. The molecule has 0 unspecified atom stereocenters. The number of nitrogens with zero attached hydrogens (tertiary/aromatic N) is 4. The van der Waals surface area contributed by atoms with Crippen LogP contribution in [0, 0.1) is 0 Å². The molecule has 0 saturated heterocycles. The molecule has 2 heterocycles. The molecule has 7 heteroatoms. The highest BCUT2D eigenvalue weighted by Gasteiger charge is 2.07. The second kappa shape index (κ2) is 9.16. The molecule has 144 valence electrons. The lowest BCUT2D eigenvalue weighted by Crippen LogP contribution is -2.12. The van der Waals surface area contributed by atoms with Crippen molar-refractivity contribution in [1.29, 1.82) is 0 Å². The molecule has 6 nitrogen and oxygen atoms in total. The van der Waals surface area contributed by atoms with Crippen molar-refractivity contribution in [2.45, 2.75) is 17.2 Å². The predicted molar refractivity (Wildman–Crippen MR) is 114 cm³/mol. The molecule has 0 bridgehead atoms. The molecule has 0 radical (unpaired) electrons. The van der Waals surface area contributed by atoms with Crippen LogP contribution in [-0.2, 0) is 12.3 Å². The van der Waals surface area contributed by atoms with E-state index in [1.165, 1.54) is 11.9 Å². The van der Waals surface area contributed by atoms with Crippen molar-refractivity contribution >= 4 is 23.4 Å². The molecule has 0 aliphatic heterocycles. The monoisotopic (exact) mass is 401 g/mol. The minimum absolute atomic E-state index is 0.131. The highest BCUT2D eigenvalue weighted by molar-refractivity contribution is 7.98. The van der Waals surface area contributed by atoms with Crippen molar-refractivity contribution in [3.63, 3.8) is 0 Å². The zero-order chi connectivity index (χ0) is 19.9. The number of thioether (sulfide) groups is 1. The fourth-order valence-electron chi connectivity index (χ4n) is 2.75. The molecule has 0 aliphatic rings. The lowest BCUT2D eigenvalue weighted by Gasteiger charge is -2.08. The largest absolute Gasteiger partial charge is 0.322 e. The first-order chi connectivity index (χ1) is 14.3. The average Bonchev–Trinajstić information content (AvgIpc) is 3.27. The van der Waals surface area contributed by atoms with Gasteiger partial charge in [0.25, 0.3) is 5.91 Å². The van der Waals surface area contributed by atoms with Crippen molar-refractivity contribution in [2.24, 2.45) is 0 Å². The number of rotatable bonds is 7. The van der Waals surface area contributed by atoms with Crippen LogP contribution in [0.25, 0.3) is 0 Å². The predicted octanol–water partition coefficient (Wildman–Crippen LogP) is 4.27. The Balaban J connectivity index is 1.32. The highest BCUT2D eigenvalue weighted by atomic mass is 32.2. The SMILES string of the molecule is O=C(Nc1ccc(SCc2cccnc2)cc1)c1ccc(Cn2cncn2)cc1. The fourth-order valence-corrected chi connectivity index (χ4v) is 3.58. The van der Waals surface area contributed by atoms with E-state index in [2.05, 4.69) is 26.4 Å². The van der Waals surface area contributed by atoms with Crippen LogP contribution in [0.15, 0.2) is 90.6 Å². The smallest absolute Gasteiger partial charge is 0.255 e. The molecule has 29 heavy (non-hydrogen) atoms. The van der Waals surface area contributed by atoms with E-state index in [1.54, 1.807) is 29.0 Å². The Morgan fingerprint density at radius 2 is 1.79 bits per heavy atom. The first kappa shape index (κ1) is 18.9. The van der Waals surface area contributed by atoms with E-state index in [0.717, 1.165) is 21.9 Å². The van der Waals surface area contributed by atoms with Gasteiger partial charge in [0.05, 0.1) is 6.54 Å². The number of aromatic nitrogens is 4. The molecule has 4 aromatic rings. The van der Waals surface area contributed by atoms with Crippen molar-refractivity contribution in [3.8, 4) is 0 Å². The van der Waals surface area contributed by atoms with Gasteiger partial charge in [-0.2, -0.15) is 5.10 Å². The van der Waals surface area contributed by atoms with Gasteiger partial charge >= 0.3 is 0 Å². The topological polar surface area (TPSA) is 72.7 Å². The third-order valence-corrected chi connectivity index (χ3v) is 5.35. The van der Waals surface area contributed by atoms with Crippen LogP contribution in [0.4, 0.5) is 5.69 Å². The van der Waals surface area contributed by atoms with Gasteiger partial charge in [-0.3, -0.25) is 9.78 Å². The van der Waals surface area contributed by atoms with Gasteiger partial charge in [-0.05, 0) is 53.6 Å². The van der Waals surface area contributed by atoms with Crippen molar-refractivity contribution in [2.75, 3.05) is 5.32 Å². The highest BCUT2D eigenvalue weighted by Crippen LogP contribution is 2.24. The minimum Gasteiger partial charge on any atom is -0.322 e. The number of hydrogen-bond donors (Lipinski definition) is 1. The van der Waals surface area contributed by atoms with Gasteiger partial charge in [-0.15, -0.1) is 11.8 Å². The van der Waals surface area contributed by atoms with Gasteiger partial charge in [0, 0.05) is 34.3 Å². The number of pyridine rings is 1. The van der Waals surface area contributed by atoms with Crippen molar-refractivity contribution in [1.82, 2.24) is 19.7 Å². The van der Waals surface area contributed by atoms with Crippen LogP contribution in [0.5, 0.6) is 0 Å². The van der Waals surface area contributed by atoms with Gasteiger partial charge in [0.15, 0.2) is 0 Å². The van der Waals surface area contributed by atoms with Crippen LogP contribution < -0.4 is 5.32 Å². The van der Waals surface area contributed by atoms with Gasteiger partial charge in [0.2, 0.25) is 0 Å². The molecule has 0 atom stereocenters. The first-order valence-electron chi connectivity index (χ1n) is 9.11. The van der Waals surface area contributed by atoms with E-state index >= 15 is 0 Å². The Morgan fingerprint density at radius 3 is 2.48 bits per heavy atom. The summed E-state index contributed by atoms with van der Waals surface area (Å²) in [6.45, 7) is 0.625. The van der Waals surface area contributed by atoms with Crippen LogP contribution >= 0.6 is 11.8 Å². The second-order valence-corrected chi connectivity index (χ2v) is 7.47. The van der Waals surface area contributed by atoms with E-state index in [9.17, 15) is 4.79 Å². The normalized spacial score (nSPS) is 10.6. The molecule has 0 spiro atoms. The van der Waals surface area contributed by atoms with E-state index in [1.807, 2.05) is 60.8 Å². The number of nitrogens with one attached hydrogen (secondary N) is 1. The van der Waals surface area contributed by atoms with E-state index in [4.69, 9.17) is 0 Å². The maximum atomic E-state index is 12.5. The summed E-state index contributed by atoms with van der Waals surface area (Å²) in [7, 11) is 0. The summed E-state index contributed by atoms with van der Waals surface area (Å²) in [6.07, 6.45) is 6.82. The summed E-state index contributed by atoms with van der Waals surface area (Å²) in [5.41, 5.74) is 3.62. The molecule has 0 aliphatic carbocycles. The zero-order valence-electron chi connectivity index (χ0n) is 15.6. The maximum absolute atomic E-state index is 12.5. The number of amides is 1. The molecule has 2 aromatic heterocycles. The summed E-state index contributed by atoms with van der Waals surface area (Å²) >= 11 is 1.74. The molecule has 4 rings (SSSR count). The quantitative estimate of drug-likeness (QED) is 0.468. The van der Waals surface area contributed by atoms with Crippen LogP contribution in [0.3, 0.4) is 0 Å². The lowest BCUT2D eigenvalue weighted by atomic mass is 10.1. The van der Waals surface area contributed by atoms with Gasteiger partial charge in [-0.25, -0.2) is 9.67 Å². The zero-order valence-corrected chi connectivity index (χ0v) is 16.4. The standard InChI is InChI=1S/C22H19N5OS/c28-22(19-5-3-17(4-6-19)13-27-16-24-15-25-27)26-20-7-9-21(10-8-20)29-14-18-2-1-11-23-12-18/h1-12,15-16H,13-14H2,(H,26,28).